The molecule has 1 aliphatic heterocycles. The second kappa shape index (κ2) is 9.55. The maximum absolute atomic E-state index is 12.3. The molecule has 0 bridgehead atoms. The zero-order valence-corrected chi connectivity index (χ0v) is 12.7. The maximum atomic E-state index is 12.3. The van der Waals surface area contributed by atoms with Gasteiger partial charge in [-0.15, -0.1) is 12.4 Å². The van der Waals surface area contributed by atoms with E-state index in [2.05, 4.69) is 15.4 Å². The predicted octanol–water partition coefficient (Wildman–Crippen LogP) is 1.70. The standard InChI is InChI=1S/C14H18F2N2O3.ClH/c15-14(16)21-12-4-2-1-3-10(12)8-18-13(19)7-11-9-20-6-5-17-11;/h1-4,11,14,17H,5-9H2,(H,18,19);1H. The number of nitrogens with one attached hydrogen (secondary N) is 2. The Hall–Kier alpha value is -1.44. The summed E-state index contributed by atoms with van der Waals surface area (Å²) in [4.78, 5) is 11.8. The maximum Gasteiger partial charge on any atom is 0.387 e. The monoisotopic (exact) mass is 336 g/mol. The van der Waals surface area contributed by atoms with E-state index >= 15 is 0 Å². The Morgan fingerprint density at radius 1 is 1.45 bits per heavy atom. The molecular weight excluding hydrogens is 318 g/mol. The molecule has 1 aromatic rings. The summed E-state index contributed by atoms with van der Waals surface area (Å²) in [7, 11) is 0. The Kier molecular flexibility index (Phi) is 8.08. The van der Waals surface area contributed by atoms with Crippen molar-refractivity contribution in [1.82, 2.24) is 10.6 Å². The SMILES string of the molecule is Cl.O=C(CC1COCCN1)NCc1ccccc1OC(F)F. The molecular formula is C14H19ClF2N2O3. The Balaban J connectivity index is 0.00000242. The highest BCUT2D eigenvalue weighted by Gasteiger charge is 2.17. The molecule has 2 rings (SSSR count). The molecule has 22 heavy (non-hydrogen) atoms. The van der Waals surface area contributed by atoms with Crippen molar-refractivity contribution in [3.63, 3.8) is 0 Å². The van der Waals surface area contributed by atoms with Crippen LogP contribution in [0.25, 0.3) is 0 Å². The van der Waals surface area contributed by atoms with Crippen molar-refractivity contribution in [3.05, 3.63) is 29.8 Å². The quantitative estimate of drug-likeness (QED) is 0.830. The first-order valence-electron chi connectivity index (χ1n) is 6.75. The second-order valence-corrected chi connectivity index (χ2v) is 4.69. The van der Waals surface area contributed by atoms with E-state index in [-0.39, 0.29) is 43.1 Å². The van der Waals surface area contributed by atoms with Gasteiger partial charge in [-0.3, -0.25) is 4.79 Å². The summed E-state index contributed by atoms with van der Waals surface area (Å²) in [6.45, 7) is -0.863. The molecule has 1 unspecified atom stereocenters. The summed E-state index contributed by atoms with van der Waals surface area (Å²) in [5.74, 6) is -0.0863. The van der Waals surface area contributed by atoms with Gasteiger partial charge < -0.3 is 20.1 Å². The Bertz CT molecular complexity index is 471. The molecule has 0 aliphatic carbocycles. The van der Waals surface area contributed by atoms with Crippen molar-refractivity contribution in [3.8, 4) is 5.75 Å². The van der Waals surface area contributed by atoms with Gasteiger partial charge in [-0.05, 0) is 6.07 Å². The summed E-state index contributed by atoms with van der Waals surface area (Å²) < 4.78 is 34.2. The number of alkyl halides is 2. The fraction of sp³-hybridized carbons (Fsp3) is 0.500. The molecule has 0 aromatic heterocycles. The minimum atomic E-state index is -2.88. The topological polar surface area (TPSA) is 59.6 Å². The summed E-state index contributed by atoms with van der Waals surface area (Å²) >= 11 is 0. The van der Waals surface area contributed by atoms with Crippen LogP contribution in [0, 0.1) is 0 Å². The molecule has 1 aromatic carbocycles. The lowest BCUT2D eigenvalue weighted by atomic mass is 10.1. The molecule has 0 radical (unpaired) electrons. The van der Waals surface area contributed by atoms with Crippen LogP contribution in [0.15, 0.2) is 24.3 Å². The zero-order valence-electron chi connectivity index (χ0n) is 11.9. The minimum Gasteiger partial charge on any atom is -0.434 e. The molecule has 1 aliphatic rings. The number of benzene rings is 1. The molecule has 0 saturated carbocycles. The smallest absolute Gasteiger partial charge is 0.387 e. The van der Waals surface area contributed by atoms with Crippen molar-refractivity contribution < 1.29 is 23.0 Å². The average molecular weight is 337 g/mol. The number of hydrogen-bond acceptors (Lipinski definition) is 4. The lowest BCUT2D eigenvalue weighted by Crippen LogP contribution is -2.44. The molecule has 124 valence electrons. The van der Waals surface area contributed by atoms with E-state index in [1.165, 1.54) is 6.07 Å². The van der Waals surface area contributed by atoms with Crippen molar-refractivity contribution in [2.45, 2.75) is 25.6 Å². The first kappa shape index (κ1) is 18.6. The molecule has 1 heterocycles. The van der Waals surface area contributed by atoms with E-state index in [9.17, 15) is 13.6 Å². The van der Waals surface area contributed by atoms with Gasteiger partial charge >= 0.3 is 6.61 Å². The van der Waals surface area contributed by atoms with Crippen LogP contribution in [0.4, 0.5) is 8.78 Å². The van der Waals surface area contributed by atoms with Crippen LogP contribution in [0.3, 0.4) is 0 Å². The van der Waals surface area contributed by atoms with Crippen LogP contribution in [-0.4, -0.2) is 38.3 Å². The number of carbonyl (C=O) groups excluding carboxylic acids is 1. The van der Waals surface area contributed by atoms with Gasteiger partial charge in [0.1, 0.15) is 5.75 Å². The fourth-order valence-corrected chi connectivity index (χ4v) is 2.10. The number of morpholine rings is 1. The van der Waals surface area contributed by atoms with Crippen LogP contribution in [0.5, 0.6) is 5.75 Å². The average Bonchev–Trinajstić information content (AvgIpc) is 2.47. The van der Waals surface area contributed by atoms with E-state index in [4.69, 9.17) is 4.74 Å². The van der Waals surface area contributed by atoms with Crippen molar-refractivity contribution >= 4 is 18.3 Å². The third-order valence-corrected chi connectivity index (χ3v) is 3.09. The minimum absolute atomic E-state index is 0. The number of para-hydroxylation sites is 1. The number of halogens is 3. The first-order chi connectivity index (χ1) is 10.1. The number of rotatable bonds is 6. The van der Waals surface area contributed by atoms with Crippen molar-refractivity contribution in [1.29, 1.82) is 0 Å². The molecule has 1 saturated heterocycles. The van der Waals surface area contributed by atoms with E-state index in [1.54, 1.807) is 18.2 Å². The highest BCUT2D eigenvalue weighted by Crippen LogP contribution is 2.19. The summed E-state index contributed by atoms with van der Waals surface area (Å²) in [6.07, 6.45) is 0.290. The molecule has 1 fully saturated rings. The first-order valence-corrected chi connectivity index (χ1v) is 6.75. The van der Waals surface area contributed by atoms with Crippen molar-refractivity contribution in [2.24, 2.45) is 0 Å². The van der Waals surface area contributed by atoms with E-state index in [0.717, 1.165) is 6.54 Å². The predicted molar refractivity (Wildman–Crippen MR) is 79.4 cm³/mol. The van der Waals surface area contributed by atoms with Gasteiger partial charge in [-0.25, -0.2) is 0 Å². The van der Waals surface area contributed by atoms with Gasteiger partial charge in [0.15, 0.2) is 0 Å². The third-order valence-electron chi connectivity index (χ3n) is 3.09. The summed E-state index contributed by atoms with van der Waals surface area (Å²) in [6, 6.07) is 6.39. The van der Waals surface area contributed by atoms with Crippen LogP contribution in [-0.2, 0) is 16.1 Å². The highest BCUT2D eigenvalue weighted by atomic mass is 35.5. The normalized spacial score (nSPS) is 17.7. The molecule has 8 heteroatoms. The third kappa shape index (κ3) is 6.13. The lowest BCUT2D eigenvalue weighted by molar-refractivity contribution is -0.122. The number of amides is 1. The van der Waals surface area contributed by atoms with Crippen LogP contribution >= 0.6 is 12.4 Å². The second-order valence-electron chi connectivity index (χ2n) is 4.69. The highest BCUT2D eigenvalue weighted by molar-refractivity contribution is 5.85. The summed E-state index contributed by atoms with van der Waals surface area (Å²) in [5.41, 5.74) is 0.513. The summed E-state index contributed by atoms with van der Waals surface area (Å²) in [5, 5.41) is 5.88. The van der Waals surface area contributed by atoms with Crippen LogP contribution in [0.2, 0.25) is 0 Å². The number of carbonyl (C=O) groups is 1. The molecule has 1 amide bonds. The van der Waals surface area contributed by atoms with E-state index in [0.29, 0.717) is 18.8 Å². The largest absolute Gasteiger partial charge is 0.434 e. The Labute approximate surface area is 133 Å². The Morgan fingerprint density at radius 2 is 2.23 bits per heavy atom. The van der Waals surface area contributed by atoms with E-state index < -0.39 is 6.61 Å². The number of hydrogen-bond donors (Lipinski definition) is 2. The van der Waals surface area contributed by atoms with Gasteiger partial charge in [0, 0.05) is 31.1 Å². The van der Waals surface area contributed by atoms with Gasteiger partial charge in [-0.1, -0.05) is 18.2 Å². The van der Waals surface area contributed by atoms with Gasteiger partial charge in [0.25, 0.3) is 0 Å². The van der Waals surface area contributed by atoms with Gasteiger partial charge in [0.2, 0.25) is 5.91 Å². The van der Waals surface area contributed by atoms with Gasteiger partial charge in [-0.2, -0.15) is 8.78 Å². The molecule has 2 N–H and O–H groups in total. The molecule has 0 spiro atoms. The molecule has 5 nitrogen and oxygen atoms in total. The van der Waals surface area contributed by atoms with Crippen LogP contribution < -0.4 is 15.4 Å². The Morgan fingerprint density at radius 3 is 2.91 bits per heavy atom. The fourth-order valence-electron chi connectivity index (χ4n) is 2.10. The van der Waals surface area contributed by atoms with E-state index in [1.807, 2.05) is 0 Å². The lowest BCUT2D eigenvalue weighted by Gasteiger charge is -2.23. The molecule has 1 atom stereocenters. The zero-order chi connectivity index (χ0) is 15.1. The van der Waals surface area contributed by atoms with Crippen LogP contribution in [0.1, 0.15) is 12.0 Å². The van der Waals surface area contributed by atoms with Crippen molar-refractivity contribution in [2.75, 3.05) is 19.8 Å². The number of ether oxygens (including phenoxy) is 2. The van der Waals surface area contributed by atoms with Gasteiger partial charge in [0.05, 0.1) is 13.2 Å².